The Bertz CT molecular complexity index is 1250. The maximum absolute atomic E-state index is 13.2. The fourth-order valence-corrected chi connectivity index (χ4v) is 3.53. The number of amides is 1. The third-order valence-corrected chi connectivity index (χ3v) is 5.48. The van der Waals surface area contributed by atoms with Crippen molar-refractivity contribution in [1.29, 1.82) is 0 Å². The van der Waals surface area contributed by atoms with E-state index in [0.717, 1.165) is 24.2 Å². The number of hydrogen-bond acceptors (Lipinski definition) is 7. The number of halogens is 1. The summed E-state index contributed by atoms with van der Waals surface area (Å²) >= 11 is 6.00. The maximum atomic E-state index is 13.2. The van der Waals surface area contributed by atoms with Crippen molar-refractivity contribution in [1.82, 2.24) is 40.5 Å². The van der Waals surface area contributed by atoms with Crippen LogP contribution < -0.4 is 5.32 Å². The third kappa shape index (κ3) is 4.19. The lowest BCUT2D eigenvalue weighted by molar-refractivity contribution is 0.0939. The monoisotopic (exact) mass is 446 g/mol. The van der Waals surface area contributed by atoms with E-state index in [1.807, 2.05) is 19.1 Å². The van der Waals surface area contributed by atoms with Gasteiger partial charge in [-0.15, -0.1) is 5.10 Å². The van der Waals surface area contributed by atoms with Gasteiger partial charge in [-0.1, -0.05) is 11.6 Å². The average molecular weight is 447 g/mol. The van der Waals surface area contributed by atoms with Gasteiger partial charge in [0.1, 0.15) is 0 Å². The van der Waals surface area contributed by atoms with Crippen LogP contribution in [0.25, 0.3) is 16.9 Å². The Labute approximate surface area is 188 Å². The van der Waals surface area contributed by atoms with Crippen LogP contribution >= 0.6 is 11.6 Å². The van der Waals surface area contributed by atoms with Crippen LogP contribution in [0.5, 0.6) is 0 Å². The van der Waals surface area contributed by atoms with Crippen LogP contribution in [-0.4, -0.2) is 41.1 Å². The zero-order valence-electron chi connectivity index (χ0n) is 17.2. The highest BCUT2D eigenvalue weighted by molar-refractivity contribution is 6.30. The molecule has 0 radical (unpaired) electrons. The second-order valence-electron chi connectivity index (χ2n) is 7.68. The zero-order valence-corrected chi connectivity index (χ0v) is 17.9. The first-order valence-electron chi connectivity index (χ1n) is 10.2. The molecule has 0 saturated heterocycles. The minimum Gasteiger partial charge on any atom is -0.344 e. The molecule has 0 aliphatic heterocycles. The first kappa shape index (κ1) is 20.2. The van der Waals surface area contributed by atoms with Gasteiger partial charge in [0.05, 0.1) is 34.3 Å². The third-order valence-electron chi connectivity index (χ3n) is 5.26. The van der Waals surface area contributed by atoms with Crippen molar-refractivity contribution in [2.45, 2.75) is 31.7 Å². The van der Waals surface area contributed by atoms with Gasteiger partial charge >= 0.3 is 0 Å². The van der Waals surface area contributed by atoms with Gasteiger partial charge in [0, 0.05) is 35.6 Å². The molecule has 1 fully saturated rings. The molecule has 10 heteroatoms. The molecule has 1 unspecified atom stereocenters. The van der Waals surface area contributed by atoms with Gasteiger partial charge in [0.2, 0.25) is 0 Å². The van der Waals surface area contributed by atoms with Crippen molar-refractivity contribution in [2.24, 2.45) is 0 Å². The molecule has 3 heterocycles. The lowest BCUT2D eigenvalue weighted by Crippen LogP contribution is -2.27. The number of pyridine rings is 1. The van der Waals surface area contributed by atoms with E-state index >= 15 is 0 Å². The van der Waals surface area contributed by atoms with E-state index in [9.17, 15) is 4.79 Å². The number of tetrazole rings is 1. The highest BCUT2D eigenvalue weighted by atomic mass is 35.5. The van der Waals surface area contributed by atoms with Crippen LogP contribution in [0.15, 0.2) is 55.1 Å². The van der Waals surface area contributed by atoms with E-state index in [4.69, 9.17) is 11.6 Å². The van der Waals surface area contributed by atoms with Crippen LogP contribution in [0.3, 0.4) is 0 Å². The van der Waals surface area contributed by atoms with E-state index in [1.54, 1.807) is 47.7 Å². The molecule has 1 aliphatic rings. The molecule has 4 aromatic rings. The number of hydrogen-bond donors (Lipinski definition) is 1. The minimum atomic E-state index is -0.313. The smallest absolute Gasteiger partial charge is 0.251 e. The van der Waals surface area contributed by atoms with E-state index in [0.29, 0.717) is 33.6 Å². The van der Waals surface area contributed by atoms with E-state index < -0.39 is 0 Å². The Hall–Kier alpha value is -3.72. The van der Waals surface area contributed by atoms with Crippen LogP contribution in [0.1, 0.15) is 53.6 Å². The molecule has 160 valence electrons. The second kappa shape index (κ2) is 8.43. The second-order valence-corrected chi connectivity index (χ2v) is 8.12. The maximum Gasteiger partial charge on any atom is 0.251 e. The normalized spacial score (nSPS) is 14.2. The lowest BCUT2D eigenvalue weighted by atomic mass is 10.0. The zero-order chi connectivity index (χ0) is 22.1. The van der Waals surface area contributed by atoms with Gasteiger partial charge in [0.25, 0.3) is 5.91 Å². The summed E-state index contributed by atoms with van der Waals surface area (Å²) in [7, 11) is 0. The Balaban J connectivity index is 1.53. The Morgan fingerprint density at radius 2 is 2.03 bits per heavy atom. The molecule has 0 bridgehead atoms. The van der Waals surface area contributed by atoms with Gasteiger partial charge in [-0.25, -0.2) is 0 Å². The molecule has 32 heavy (non-hydrogen) atoms. The van der Waals surface area contributed by atoms with Crippen molar-refractivity contribution in [3.8, 4) is 16.9 Å². The molecule has 1 aromatic carbocycles. The molecule has 1 saturated carbocycles. The van der Waals surface area contributed by atoms with Crippen molar-refractivity contribution in [3.05, 3.63) is 77.2 Å². The van der Waals surface area contributed by atoms with Crippen molar-refractivity contribution in [3.63, 3.8) is 0 Å². The largest absolute Gasteiger partial charge is 0.344 e. The van der Waals surface area contributed by atoms with Gasteiger partial charge in [-0.2, -0.15) is 4.68 Å². The fraction of sp³-hybridized carbons (Fsp3) is 0.227. The molecule has 1 N–H and O–H groups in total. The highest BCUT2D eigenvalue weighted by Gasteiger charge is 2.30. The van der Waals surface area contributed by atoms with Gasteiger partial charge in [-0.05, 0) is 60.5 Å². The number of aromatic nitrogens is 7. The molecule has 1 atom stereocenters. The quantitative estimate of drug-likeness (QED) is 0.482. The number of benzene rings is 1. The number of rotatable bonds is 6. The Morgan fingerprint density at radius 3 is 2.75 bits per heavy atom. The molecule has 9 nitrogen and oxygen atoms in total. The van der Waals surface area contributed by atoms with Gasteiger partial charge < -0.3 is 5.32 Å². The number of nitrogens with zero attached hydrogens (tertiary/aromatic N) is 7. The first-order valence-corrected chi connectivity index (χ1v) is 10.6. The lowest BCUT2D eigenvalue weighted by Gasteiger charge is -2.15. The summed E-state index contributed by atoms with van der Waals surface area (Å²) in [6, 6.07) is 8.75. The topological polar surface area (TPSA) is 111 Å². The van der Waals surface area contributed by atoms with Crippen molar-refractivity contribution in [2.75, 3.05) is 0 Å². The minimum absolute atomic E-state index is 0.249. The highest BCUT2D eigenvalue weighted by Crippen LogP contribution is 2.39. The van der Waals surface area contributed by atoms with E-state index in [-0.39, 0.29) is 11.9 Å². The van der Waals surface area contributed by atoms with Crippen molar-refractivity contribution >= 4 is 17.5 Å². The van der Waals surface area contributed by atoms with Crippen molar-refractivity contribution < 1.29 is 4.79 Å². The summed E-state index contributed by atoms with van der Waals surface area (Å²) < 4.78 is 1.69. The Morgan fingerprint density at radius 1 is 1.16 bits per heavy atom. The average Bonchev–Trinajstić information content (AvgIpc) is 3.55. The van der Waals surface area contributed by atoms with Crippen LogP contribution in [-0.2, 0) is 0 Å². The summed E-state index contributed by atoms with van der Waals surface area (Å²) in [6.45, 7) is 1.86. The van der Waals surface area contributed by atoms with Gasteiger partial charge in [0.15, 0.2) is 5.82 Å². The van der Waals surface area contributed by atoms with Gasteiger partial charge in [-0.3, -0.25) is 19.7 Å². The number of carbonyl (C=O) groups excluding carboxylic acids is 1. The fourth-order valence-electron chi connectivity index (χ4n) is 3.42. The molecule has 1 amide bonds. The summed E-state index contributed by atoms with van der Waals surface area (Å²) in [6.07, 6.45) is 8.51. The predicted octanol–water partition coefficient (Wildman–Crippen LogP) is 3.54. The number of nitrogens with one attached hydrogen (secondary N) is 1. The van der Waals surface area contributed by atoms with E-state index in [2.05, 4.69) is 35.8 Å². The van der Waals surface area contributed by atoms with Crippen LogP contribution in [0.4, 0.5) is 0 Å². The Kier molecular flexibility index (Phi) is 5.32. The number of carbonyl (C=O) groups is 1. The predicted molar refractivity (Wildman–Crippen MR) is 117 cm³/mol. The standard InChI is InChI=1S/C22H19ClN8O/c1-13(20-12-24-6-7-25-20)27-22(32)16-8-15(19-5-4-17(23)11-26-19)9-18(10-16)31-21(14-2-3-14)28-29-30-31/h4-14H,2-3H2,1H3,(H,27,32). The van der Waals surface area contributed by atoms with E-state index in [1.165, 1.54) is 0 Å². The molecule has 1 aliphatic carbocycles. The van der Waals surface area contributed by atoms with Crippen LogP contribution in [0, 0.1) is 0 Å². The molecular weight excluding hydrogens is 428 g/mol. The first-order chi connectivity index (χ1) is 15.6. The molecule has 5 rings (SSSR count). The SMILES string of the molecule is CC(NC(=O)c1cc(-c2ccc(Cl)cn2)cc(-n2nnnc2C2CC2)c1)c1cnccn1. The molecule has 0 spiro atoms. The summed E-state index contributed by atoms with van der Waals surface area (Å²) in [4.78, 5) is 25.9. The summed E-state index contributed by atoms with van der Waals surface area (Å²) in [5.41, 5.74) is 3.28. The van der Waals surface area contributed by atoms with Crippen LogP contribution in [0.2, 0.25) is 5.02 Å². The summed E-state index contributed by atoms with van der Waals surface area (Å²) in [5, 5.41) is 15.7. The summed E-state index contributed by atoms with van der Waals surface area (Å²) in [5.74, 6) is 0.892. The molecule has 3 aromatic heterocycles. The molecular formula is C22H19ClN8O.